The molecular weight excluding hydrogens is 402 g/mol. The van der Waals surface area contributed by atoms with Gasteiger partial charge in [0.25, 0.3) is 0 Å². The molecule has 1 unspecified atom stereocenters. The lowest BCUT2D eigenvalue weighted by atomic mass is 9.72. The molecule has 1 aliphatic heterocycles. The molecule has 2 heterocycles. The number of hydrogen-bond acceptors (Lipinski definition) is 4. The second-order valence-corrected chi connectivity index (χ2v) is 9.55. The van der Waals surface area contributed by atoms with Crippen molar-refractivity contribution >= 4 is 22.8 Å². The second kappa shape index (κ2) is 9.24. The summed E-state index contributed by atoms with van der Waals surface area (Å²) in [6.07, 6.45) is 4.13. The Kier molecular flexibility index (Phi) is 6.58. The summed E-state index contributed by atoms with van der Waals surface area (Å²) in [5.41, 5.74) is 4.08. The third-order valence-corrected chi connectivity index (χ3v) is 7.28. The molecule has 1 aromatic carbocycles. The Morgan fingerprint density at radius 3 is 2.69 bits per heavy atom. The van der Waals surface area contributed by atoms with Crippen molar-refractivity contribution in [3.05, 3.63) is 35.5 Å². The standard InChI is InChI=1S/C25H37N5O2/c1-6-29-16-17-14-22-20(19-9-8-10-21(29)23(17)19)13-18(15-28(22)5)24(31)30(7-2)25(32)26-11-12-27(3)4/h8-10,16,18,20,22H,6-7,11-15H2,1-5H3,(H,26,32)/t18-,20?,22-/m1/s1. The molecular formula is C25H37N5O2. The Hall–Kier alpha value is -2.38. The normalized spacial score (nSPS) is 22.8. The van der Waals surface area contributed by atoms with Gasteiger partial charge in [-0.15, -0.1) is 0 Å². The number of likely N-dealkylation sites (N-methyl/N-ethyl adjacent to an activating group) is 2. The van der Waals surface area contributed by atoms with Gasteiger partial charge in [-0.05, 0) is 65.0 Å². The van der Waals surface area contributed by atoms with Crippen molar-refractivity contribution in [1.29, 1.82) is 0 Å². The van der Waals surface area contributed by atoms with E-state index in [2.05, 4.69) is 53.2 Å². The summed E-state index contributed by atoms with van der Waals surface area (Å²) in [6, 6.07) is 6.72. The van der Waals surface area contributed by atoms with Crippen LogP contribution in [0.25, 0.3) is 10.9 Å². The van der Waals surface area contributed by atoms with Crippen LogP contribution in [-0.2, 0) is 17.8 Å². The highest BCUT2D eigenvalue weighted by atomic mass is 16.2. The third-order valence-electron chi connectivity index (χ3n) is 7.28. The number of hydrogen-bond donors (Lipinski definition) is 1. The maximum absolute atomic E-state index is 13.5. The van der Waals surface area contributed by atoms with Crippen molar-refractivity contribution in [2.24, 2.45) is 5.92 Å². The summed E-state index contributed by atoms with van der Waals surface area (Å²) in [5.74, 6) is 0.0808. The fraction of sp³-hybridized carbons (Fsp3) is 0.600. The Bertz CT molecular complexity index is 998. The Labute approximate surface area is 191 Å². The van der Waals surface area contributed by atoms with Gasteiger partial charge in [-0.1, -0.05) is 12.1 Å². The number of likely N-dealkylation sites (tertiary alicyclic amines) is 1. The summed E-state index contributed by atoms with van der Waals surface area (Å²) >= 11 is 0. The zero-order valence-corrected chi connectivity index (χ0v) is 20.1. The molecule has 3 atom stereocenters. The summed E-state index contributed by atoms with van der Waals surface area (Å²) < 4.78 is 2.34. The maximum Gasteiger partial charge on any atom is 0.324 e. The maximum atomic E-state index is 13.5. The lowest BCUT2D eigenvalue weighted by molar-refractivity contribution is -0.134. The molecule has 1 fully saturated rings. The Morgan fingerprint density at radius 2 is 2.00 bits per heavy atom. The molecule has 0 radical (unpaired) electrons. The van der Waals surface area contributed by atoms with Gasteiger partial charge in [-0.3, -0.25) is 9.69 Å². The highest BCUT2D eigenvalue weighted by molar-refractivity contribution is 5.96. The number of carbonyl (C=O) groups is 2. The van der Waals surface area contributed by atoms with Crippen LogP contribution in [0.1, 0.15) is 37.3 Å². The molecule has 2 aliphatic rings. The molecule has 1 saturated heterocycles. The minimum Gasteiger partial charge on any atom is -0.347 e. The van der Waals surface area contributed by atoms with E-state index in [0.717, 1.165) is 25.9 Å². The van der Waals surface area contributed by atoms with Crippen LogP contribution in [0.5, 0.6) is 0 Å². The minimum atomic E-state index is -0.280. The average molecular weight is 440 g/mol. The Balaban J connectivity index is 1.56. The molecule has 2 aromatic rings. The largest absolute Gasteiger partial charge is 0.347 e. The van der Waals surface area contributed by atoms with Gasteiger partial charge in [-0.25, -0.2) is 4.79 Å². The second-order valence-electron chi connectivity index (χ2n) is 9.55. The van der Waals surface area contributed by atoms with E-state index >= 15 is 0 Å². The summed E-state index contributed by atoms with van der Waals surface area (Å²) in [6.45, 7) is 7.38. The molecule has 32 heavy (non-hydrogen) atoms. The quantitative estimate of drug-likeness (QED) is 0.752. The van der Waals surface area contributed by atoms with E-state index in [1.54, 1.807) is 0 Å². The number of aromatic nitrogens is 1. The molecule has 174 valence electrons. The molecule has 4 rings (SSSR count). The van der Waals surface area contributed by atoms with Crippen molar-refractivity contribution in [1.82, 2.24) is 24.6 Å². The van der Waals surface area contributed by atoms with Crippen LogP contribution in [0.4, 0.5) is 4.79 Å². The molecule has 7 heteroatoms. The number of nitrogens with one attached hydrogen (secondary N) is 1. The van der Waals surface area contributed by atoms with E-state index in [1.807, 2.05) is 25.9 Å². The van der Waals surface area contributed by atoms with E-state index in [0.29, 0.717) is 31.6 Å². The summed E-state index contributed by atoms with van der Waals surface area (Å²) in [4.78, 5) is 31.9. The first-order chi connectivity index (χ1) is 15.3. The van der Waals surface area contributed by atoms with Crippen LogP contribution in [0, 0.1) is 5.92 Å². The number of amides is 3. The fourth-order valence-corrected chi connectivity index (χ4v) is 5.66. The average Bonchev–Trinajstić information content (AvgIpc) is 3.13. The highest BCUT2D eigenvalue weighted by Crippen LogP contribution is 2.45. The number of fused-ring (bicyclic) bond motifs is 2. The van der Waals surface area contributed by atoms with E-state index in [4.69, 9.17) is 0 Å². The first-order valence-electron chi connectivity index (χ1n) is 11.9. The number of rotatable bonds is 6. The topological polar surface area (TPSA) is 60.8 Å². The van der Waals surface area contributed by atoms with E-state index < -0.39 is 0 Å². The van der Waals surface area contributed by atoms with Gasteiger partial charge < -0.3 is 19.7 Å². The summed E-state index contributed by atoms with van der Waals surface area (Å²) in [7, 11) is 6.06. The number of aryl methyl sites for hydroxylation is 1. The lowest BCUT2D eigenvalue weighted by Gasteiger charge is -2.45. The predicted molar refractivity (Wildman–Crippen MR) is 128 cm³/mol. The number of carbonyl (C=O) groups excluding carboxylic acids is 2. The van der Waals surface area contributed by atoms with Gasteiger partial charge in [0.1, 0.15) is 0 Å². The van der Waals surface area contributed by atoms with Gasteiger partial charge in [0.2, 0.25) is 5.91 Å². The first-order valence-corrected chi connectivity index (χ1v) is 11.9. The van der Waals surface area contributed by atoms with Crippen molar-refractivity contribution in [2.45, 2.75) is 45.2 Å². The molecule has 0 bridgehead atoms. The lowest BCUT2D eigenvalue weighted by Crippen LogP contribution is -2.54. The van der Waals surface area contributed by atoms with Crippen LogP contribution in [0.3, 0.4) is 0 Å². The minimum absolute atomic E-state index is 0.0516. The molecule has 0 spiro atoms. The van der Waals surface area contributed by atoms with Gasteiger partial charge in [0, 0.05) is 61.8 Å². The molecule has 1 aromatic heterocycles. The number of urea groups is 1. The third kappa shape index (κ3) is 4.04. The van der Waals surface area contributed by atoms with Crippen molar-refractivity contribution in [3.63, 3.8) is 0 Å². The van der Waals surface area contributed by atoms with Gasteiger partial charge in [0.05, 0.1) is 5.92 Å². The first kappa shape index (κ1) is 22.8. The zero-order chi connectivity index (χ0) is 23.0. The number of nitrogens with zero attached hydrogens (tertiary/aromatic N) is 4. The Morgan fingerprint density at radius 1 is 1.22 bits per heavy atom. The molecule has 7 nitrogen and oxygen atoms in total. The number of imide groups is 1. The molecule has 0 saturated carbocycles. The molecule has 3 amide bonds. The van der Waals surface area contributed by atoms with Crippen molar-refractivity contribution in [2.75, 3.05) is 47.3 Å². The number of benzene rings is 1. The van der Waals surface area contributed by atoms with Crippen LogP contribution in [-0.4, -0.2) is 84.6 Å². The zero-order valence-electron chi connectivity index (χ0n) is 20.1. The van der Waals surface area contributed by atoms with E-state index in [1.165, 1.54) is 26.9 Å². The van der Waals surface area contributed by atoms with Crippen LogP contribution >= 0.6 is 0 Å². The monoisotopic (exact) mass is 439 g/mol. The van der Waals surface area contributed by atoms with Crippen molar-refractivity contribution in [3.8, 4) is 0 Å². The number of piperidine rings is 1. The van der Waals surface area contributed by atoms with Gasteiger partial charge in [0.15, 0.2) is 0 Å². The predicted octanol–water partition coefficient (Wildman–Crippen LogP) is 2.74. The van der Waals surface area contributed by atoms with Crippen molar-refractivity contribution < 1.29 is 9.59 Å². The van der Waals surface area contributed by atoms with E-state index in [9.17, 15) is 9.59 Å². The fourth-order valence-electron chi connectivity index (χ4n) is 5.66. The van der Waals surface area contributed by atoms with Crippen LogP contribution < -0.4 is 5.32 Å². The summed E-state index contributed by atoms with van der Waals surface area (Å²) in [5, 5.41) is 4.28. The molecule has 1 N–H and O–H groups in total. The SMILES string of the molecule is CCN(C(=O)NCCN(C)C)C(=O)[C@@H]1CC2c3cccc4c3c(cn4CC)C[C@H]2N(C)C1. The molecule has 1 aliphatic carbocycles. The highest BCUT2D eigenvalue weighted by Gasteiger charge is 2.43. The van der Waals surface area contributed by atoms with Crippen LogP contribution in [0.15, 0.2) is 24.4 Å². The van der Waals surface area contributed by atoms with E-state index in [-0.39, 0.29) is 17.9 Å². The van der Waals surface area contributed by atoms with Gasteiger partial charge >= 0.3 is 6.03 Å². The smallest absolute Gasteiger partial charge is 0.324 e. The van der Waals surface area contributed by atoms with Gasteiger partial charge in [-0.2, -0.15) is 0 Å². The van der Waals surface area contributed by atoms with Crippen LogP contribution in [0.2, 0.25) is 0 Å².